The van der Waals surface area contributed by atoms with Crippen molar-refractivity contribution >= 4 is 5.78 Å². The molecule has 1 aromatic carbocycles. The van der Waals surface area contributed by atoms with Crippen molar-refractivity contribution in [3.8, 4) is 11.3 Å². The summed E-state index contributed by atoms with van der Waals surface area (Å²) in [4.78, 5) is 11.0. The fraction of sp³-hybridized carbons (Fsp3) is 0.167. The molecule has 0 aliphatic rings. The first-order valence-electron chi connectivity index (χ1n) is 5.03. The van der Waals surface area contributed by atoms with Gasteiger partial charge in [-0.25, -0.2) is 0 Å². The third-order valence-corrected chi connectivity index (χ3v) is 2.37. The predicted octanol–water partition coefficient (Wildman–Crippen LogP) is 3.56. The van der Waals surface area contributed by atoms with Gasteiger partial charge in [-0.2, -0.15) is 13.2 Å². The highest BCUT2D eigenvalue weighted by atomic mass is 19.4. The molecular formula is C12H8F3NO2. The molecule has 1 aromatic heterocycles. The molecule has 0 aliphatic carbocycles. The molecule has 0 N–H and O–H groups in total. The lowest BCUT2D eigenvalue weighted by atomic mass is 10.1. The standard InChI is InChI=1S/C12H8F3NO2/c1-7(17)10-6-11(18-16-10)8-2-4-9(5-3-8)12(13,14)15/h2-6H,1H3. The zero-order chi connectivity index (χ0) is 13.3. The molecule has 0 aliphatic heterocycles. The molecular weight excluding hydrogens is 247 g/mol. The number of halogens is 3. The number of ketones is 1. The SMILES string of the molecule is CC(=O)c1cc(-c2ccc(C(F)(F)F)cc2)on1. The van der Waals surface area contributed by atoms with Crippen LogP contribution in [-0.4, -0.2) is 10.9 Å². The minimum atomic E-state index is -4.37. The van der Waals surface area contributed by atoms with Crippen molar-refractivity contribution in [2.75, 3.05) is 0 Å². The van der Waals surface area contributed by atoms with Crippen molar-refractivity contribution in [3.63, 3.8) is 0 Å². The molecule has 0 spiro atoms. The van der Waals surface area contributed by atoms with Gasteiger partial charge in [-0.15, -0.1) is 0 Å². The van der Waals surface area contributed by atoms with E-state index in [-0.39, 0.29) is 17.2 Å². The highest BCUT2D eigenvalue weighted by Crippen LogP contribution is 2.31. The first-order valence-corrected chi connectivity index (χ1v) is 5.03. The van der Waals surface area contributed by atoms with Crippen LogP contribution in [0.1, 0.15) is 23.0 Å². The van der Waals surface area contributed by atoms with Gasteiger partial charge in [-0.3, -0.25) is 4.79 Å². The Balaban J connectivity index is 2.31. The predicted molar refractivity (Wildman–Crippen MR) is 56.9 cm³/mol. The van der Waals surface area contributed by atoms with Gasteiger partial charge in [0.1, 0.15) is 5.69 Å². The molecule has 2 rings (SSSR count). The van der Waals surface area contributed by atoms with Crippen LogP contribution in [0.5, 0.6) is 0 Å². The van der Waals surface area contributed by atoms with E-state index < -0.39 is 11.7 Å². The quantitative estimate of drug-likeness (QED) is 0.770. The van der Waals surface area contributed by atoms with E-state index in [1.165, 1.54) is 25.1 Å². The molecule has 0 saturated heterocycles. The fourth-order valence-electron chi connectivity index (χ4n) is 1.40. The molecule has 1 heterocycles. The second kappa shape index (κ2) is 4.29. The number of aromatic nitrogens is 1. The Morgan fingerprint density at radius 1 is 1.22 bits per heavy atom. The Kier molecular flexibility index (Phi) is 2.94. The molecule has 18 heavy (non-hydrogen) atoms. The number of Topliss-reactive ketones (excluding diaryl/α,β-unsaturated/α-hetero) is 1. The van der Waals surface area contributed by atoms with E-state index in [1.54, 1.807) is 0 Å². The number of benzene rings is 1. The van der Waals surface area contributed by atoms with Crippen molar-refractivity contribution in [1.82, 2.24) is 5.16 Å². The largest absolute Gasteiger partial charge is 0.416 e. The van der Waals surface area contributed by atoms with Crippen molar-refractivity contribution < 1.29 is 22.5 Å². The maximum Gasteiger partial charge on any atom is 0.416 e. The molecule has 3 nitrogen and oxygen atoms in total. The van der Waals surface area contributed by atoms with Crippen LogP contribution in [0.2, 0.25) is 0 Å². The van der Waals surface area contributed by atoms with Gasteiger partial charge in [0.2, 0.25) is 0 Å². The summed E-state index contributed by atoms with van der Waals surface area (Å²) < 4.78 is 41.9. The molecule has 0 amide bonds. The van der Waals surface area contributed by atoms with Crippen molar-refractivity contribution in [1.29, 1.82) is 0 Å². The van der Waals surface area contributed by atoms with Gasteiger partial charge < -0.3 is 4.52 Å². The Morgan fingerprint density at radius 3 is 2.28 bits per heavy atom. The topological polar surface area (TPSA) is 43.1 Å². The van der Waals surface area contributed by atoms with Gasteiger partial charge in [0.05, 0.1) is 5.56 Å². The summed E-state index contributed by atoms with van der Waals surface area (Å²) in [5.41, 5.74) is -0.162. The van der Waals surface area contributed by atoms with Crippen molar-refractivity contribution in [2.45, 2.75) is 13.1 Å². The molecule has 0 atom stereocenters. The second-order valence-corrected chi connectivity index (χ2v) is 3.71. The summed E-state index contributed by atoms with van der Waals surface area (Å²) >= 11 is 0. The highest BCUT2D eigenvalue weighted by Gasteiger charge is 2.30. The molecule has 0 fully saturated rings. The summed E-state index contributed by atoms with van der Waals surface area (Å²) in [6.45, 7) is 1.33. The van der Waals surface area contributed by atoms with E-state index in [0.29, 0.717) is 5.56 Å². The number of nitrogens with zero attached hydrogens (tertiary/aromatic N) is 1. The van der Waals surface area contributed by atoms with Crippen LogP contribution >= 0.6 is 0 Å². The highest BCUT2D eigenvalue weighted by molar-refractivity contribution is 5.92. The third kappa shape index (κ3) is 2.42. The minimum Gasteiger partial charge on any atom is -0.356 e. The Morgan fingerprint density at radius 2 is 1.83 bits per heavy atom. The number of alkyl halides is 3. The maximum absolute atomic E-state index is 12.4. The average molecular weight is 255 g/mol. The normalized spacial score (nSPS) is 11.6. The van der Waals surface area contributed by atoms with Crippen LogP contribution in [-0.2, 0) is 6.18 Å². The summed E-state index contributed by atoms with van der Waals surface area (Å²) in [6.07, 6.45) is -4.37. The van der Waals surface area contributed by atoms with E-state index in [1.807, 2.05) is 0 Å². The lowest BCUT2D eigenvalue weighted by Crippen LogP contribution is -2.03. The molecule has 0 unspecified atom stereocenters. The van der Waals surface area contributed by atoms with Gasteiger partial charge in [0, 0.05) is 18.6 Å². The molecule has 2 aromatic rings. The van der Waals surface area contributed by atoms with Crippen molar-refractivity contribution in [2.24, 2.45) is 0 Å². The lowest BCUT2D eigenvalue weighted by molar-refractivity contribution is -0.137. The van der Waals surface area contributed by atoms with Crippen LogP contribution < -0.4 is 0 Å². The lowest BCUT2D eigenvalue weighted by Gasteiger charge is -2.05. The Labute approximate surface area is 100 Å². The van der Waals surface area contributed by atoms with Gasteiger partial charge in [0.25, 0.3) is 0 Å². The van der Waals surface area contributed by atoms with Crippen molar-refractivity contribution in [3.05, 3.63) is 41.6 Å². The molecule has 6 heteroatoms. The van der Waals surface area contributed by atoms with Gasteiger partial charge in [-0.05, 0) is 12.1 Å². The van der Waals surface area contributed by atoms with E-state index in [2.05, 4.69) is 5.16 Å². The van der Waals surface area contributed by atoms with Crippen LogP contribution in [0.15, 0.2) is 34.9 Å². The number of rotatable bonds is 2. The third-order valence-electron chi connectivity index (χ3n) is 2.37. The van der Waals surface area contributed by atoms with E-state index in [9.17, 15) is 18.0 Å². The monoisotopic (exact) mass is 255 g/mol. The summed E-state index contributed by atoms with van der Waals surface area (Å²) in [5, 5.41) is 3.52. The van der Waals surface area contributed by atoms with Crippen LogP contribution in [0.4, 0.5) is 13.2 Å². The van der Waals surface area contributed by atoms with Crippen LogP contribution in [0, 0.1) is 0 Å². The number of hydrogen-bond donors (Lipinski definition) is 0. The van der Waals surface area contributed by atoms with Gasteiger partial charge >= 0.3 is 6.18 Å². The van der Waals surface area contributed by atoms with E-state index in [0.717, 1.165) is 12.1 Å². The van der Waals surface area contributed by atoms with E-state index in [4.69, 9.17) is 4.52 Å². The Bertz CT molecular complexity index is 570. The van der Waals surface area contributed by atoms with Gasteiger partial charge in [-0.1, -0.05) is 17.3 Å². The minimum absolute atomic E-state index is 0.143. The number of hydrogen-bond acceptors (Lipinski definition) is 3. The average Bonchev–Trinajstić information content (AvgIpc) is 2.77. The maximum atomic E-state index is 12.4. The second-order valence-electron chi connectivity index (χ2n) is 3.71. The van der Waals surface area contributed by atoms with Crippen LogP contribution in [0.3, 0.4) is 0 Å². The fourth-order valence-corrected chi connectivity index (χ4v) is 1.40. The molecule has 0 radical (unpaired) electrons. The van der Waals surface area contributed by atoms with E-state index >= 15 is 0 Å². The van der Waals surface area contributed by atoms with Crippen LogP contribution in [0.25, 0.3) is 11.3 Å². The zero-order valence-corrected chi connectivity index (χ0v) is 9.28. The summed E-state index contributed by atoms with van der Waals surface area (Å²) in [5.74, 6) is -0.00849. The molecule has 0 bridgehead atoms. The number of carbonyl (C=O) groups excluding carboxylic acids is 1. The summed E-state index contributed by atoms with van der Waals surface area (Å²) in [6, 6.07) is 5.84. The molecule has 0 saturated carbocycles. The first kappa shape index (κ1) is 12.3. The Hall–Kier alpha value is -2.11. The summed E-state index contributed by atoms with van der Waals surface area (Å²) in [7, 11) is 0. The first-order chi connectivity index (χ1) is 8.38. The number of carbonyl (C=O) groups is 1. The molecule has 94 valence electrons. The zero-order valence-electron chi connectivity index (χ0n) is 9.28. The van der Waals surface area contributed by atoms with Gasteiger partial charge in [0.15, 0.2) is 11.5 Å². The smallest absolute Gasteiger partial charge is 0.356 e.